The second-order valence-corrected chi connectivity index (χ2v) is 13.9. The molecule has 0 unspecified atom stereocenters. The molecule has 314 valence electrons. The Bertz CT molecular complexity index is 1830. The van der Waals surface area contributed by atoms with Crippen molar-refractivity contribution in [2.24, 2.45) is 11.8 Å². The number of methoxy groups -OCH3 is 6. The Hall–Kier alpha value is -5.36. The molecule has 16 nitrogen and oxygen atoms in total. The zero-order valence-corrected chi connectivity index (χ0v) is 33.0. The average Bonchev–Trinajstić information content (AvgIpc) is 3.61. The van der Waals surface area contributed by atoms with Crippen molar-refractivity contribution in [3.05, 3.63) is 82.9 Å². The van der Waals surface area contributed by atoms with Gasteiger partial charge in [-0.15, -0.1) is 0 Å². The number of ether oxygens (including phenoxy) is 10. The van der Waals surface area contributed by atoms with Crippen LogP contribution in [0.4, 0.5) is 0 Å². The lowest BCUT2D eigenvalue weighted by molar-refractivity contribution is -0.0655. The highest BCUT2D eigenvalue weighted by molar-refractivity contribution is 5.55. The van der Waals surface area contributed by atoms with Crippen LogP contribution in [-0.2, 0) is 18.9 Å². The minimum atomic E-state index is -1.22. The van der Waals surface area contributed by atoms with Gasteiger partial charge >= 0.3 is 0 Å². The Balaban J connectivity index is 1.45. The summed E-state index contributed by atoms with van der Waals surface area (Å²) in [6.45, 7) is -0.284. The molecule has 0 aliphatic carbocycles. The number of rotatable bonds is 13. The van der Waals surface area contributed by atoms with Crippen molar-refractivity contribution >= 4 is 0 Å². The van der Waals surface area contributed by atoms with Crippen LogP contribution in [0.3, 0.4) is 0 Å². The largest absolute Gasteiger partial charge is 0.504 e. The van der Waals surface area contributed by atoms with Crippen molar-refractivity contribution in [1.82, 2.24) is 0 Å². The lowest BCUT2D eigenvalue weighted by atomic mass is 9.79. The van der Waals surface area contributed by atoms with E-state index in [1.54, 1.807) is 36.4 Å². The first-order valence-electron chi connectivity index (χ1n) is 18.4. The monoisotopic (exact) mass is 810 g/mol. The number of benzene rings is 4. The molecule has 0 radical (unpaired) electrons. The van der Waals surface area contributed by atoms with E-state index in [1.807, 2.05) is 0 Å². The van der Waals surface area contributed by atoms with E-state index in [0.29, 0.717) is 22.3 Å². The predicted molar refractivity (Wildman–Crippen MR) is 206 cm³/mol. The number of phenolic OH excluding ortho intramolecular Hbond substituents is 4. The number of phenols is 4. The fraction of sp³-hybridized carbons (Fsp3) is 0.429. The lowest BCUT2D eigenvalue weighted by Gasteiger charge is -2.35. The number of aliphatic hydroxyl groups excluding tert-OH is 2. The maximum absolute atomic E-state index is 11.6. The van der Waals surface area contributed by atoms with Gasteiger partial charge in [-0.05, 0) is 70.8 Å². The van der Waals surface area contributed by atoms with Crippen LogP contribution >= 0.6 is 0 Å². The summed E-state index contributed by atoms with van der Waals surface area (Å²) in [5.74, 6) is -1.07. The van der Waals surface area contributed by atoms with Gasteiger partial charge in [0.1, 0.15) is 24.4 Å². The number of hydrogen-bond acceptors (Lipinski definition) is 16. The van der Waals surface area contributed by atoms with Crippen LogP contribution in [0, 0.1) is 11.8 Å². The van der Waals surface area contributed by atoms with Gasteiger partial charge < -0.3 is 78.0 Å². The van der Waals surface area contributed by atoms with Crippen LogP contribution in [0.25, 0.3) is 0 Å². The maximum atomic E-state index is 11.6. The van der Waals surface area contributed by atoms with Gasteiger partial charge in [0.05, 0.1) is 81.3 Å². The maximum Gasteiger partial charge on any atom is 0.200 e. The van der Waals surface area contributed by atoms with Crippen molar-refractivity contribution in [1.29, 1.82) is 0 Å². The van der Waals surface area contributed by atoms with Crippen LogP contribution in [0.5, 0.6) is 57.5 Å². The molecule has 2 aliphatic heterocycles. The Morgan fingerprint density at radius 2 is 0.776 bits per heavy atom. The number of aromatic hydroxyl groups is 4. The van der Waals surface area contributed by atoms with Crippen molar-refractivity contribution in [2.75, 3.05) is 69.1 Å². The van der Waals surface area contributed by atoms with Gasteiger partial charge in [0.25, 0.3) is 0 Å². The van der Waals surface area contributed by atoms with Gasteiger partial charge in [-0.3, -0.25) is 0 Å². The summed E-state index contributed by atoms with van der Waals surface area (Å²) < 4.78 is 59.0. The number of hydrogen-bond donors (Lipinski definition) is 6. The molecular weight excluding hydrogens is 760 g/mol. The van der Waals surface area contributed by atoms with E-state index in [1.165, 1.54) is 66.9 Å². The van der Waals surface area contributed by atoms with Gasteiger partial charge in [-0.25, -0.2) is 0 Å². The molecule has 0 bridgehead atoms. The van der Waals surface area contributed by atoms with Gasteiger partial charge in [-0.1, -0.05) is 12.1 Å². The van der Waals surface area contributed by atoms with Crippen LogP contribution in [0.15, 0.2) is 60.7 Å². The van der Waals surface area contributed by atoms with Gasteiger partial charge in [0.2, 0.25) is 11.5 Å². The van der Waals surface area contributed by atoms with E-state index < -0.39 is 48.5 Å². The van der Waals surface area contributed by atoms with E-state index in [9.17, 15) is 30.6 Å². The first kappa shape index (κ1) is 42.3. The zero-order valence-electron chi connectivity index (χ0n) is 33.0. The summed E-state index contributed by atoms with van der Waals surface area (Å²) in [4.78, 5) is 0. The summed E-state index contributed by atoms with van der Waals surface area (Å²) in [6.07, 6.45) is -5.94. The summed E-state index contributed by atoms with van der Waals surface area (Å²) >= 11 is 0. The van der Waals surface area contributed by atoms with E-state index in [4.69, 9.17) is 47.4 Å². The fourth-order valence-corrected chi connectivity index (χ4v) is 7.47. The standard InChI is InChI=1S/C42H50O16/c1-49-29-11-21(7-9-27(29)43)37(45)35-19-57-41(23-13-31(51-3)39(47)32(14-23)52-4)25(17-55-35)26-18-56-36(38(46)22-8-10-28(44)30(12-22)50-2)20-58-42(26)24-15-33(53-5)40(48)34(16-24)54-6/h7-16,25-26,35-38,41-48H,17-20H2,1-6H3/t25-,26+,35+,36-,37-,38-,41+,42-/m1/s1. The molecule has 0 saturated carbocycles. The molecule has 6 rings (SSSR count). The molecule has 4 aromatic rings. The second-order valence-electron chi connectivity index (χ2n) is 13.9. The molecule has 0 amide bonds. The minimum Gasteiger partial charge on any atom is -0.504 e. The van der Waals surface area contributed by atoms with Crippen LogP contribution in [0.2, 0.25) is 0 Å². The Morgan fingerprint density at radius 3 is 1.09 bits per heavy atom. The molecule has 6 N–H and O–H groups in total. The highest BCUT2D eigenvalue weighted by atomic mass is 16.6. The van der Waals surface area contributed by atoms with Crippen molar-refractivity contribution in [3.8, 4) is 57.5 Å². The van der Waals surface area contributed by atoms with E-state index in [-0.39, 0.29) is 83.9 Å². The van der Waals surface area contributed by atoms with Crippen molar-refractivity contribution in [3.63, 3.8) is 0 Å². The summed E-state index contributed by atoms with van der Waals surface area (Å²) in [5, 5.41) is 65.4. The smallest absolute Gasteiger partial charge is 0.200 e. The summed E-state index contributed by atoms with van der Waals surface area (Å²) in [6, 6.07) is 15.5. The Labute approximate surface area is 335 Å². The van der Waals surface area contributed by atoms with Crippen LogP contribution in [0.1, 0.15) is 46.7 Å². The molecule has 58 heavy (non-hydrogen) atoms. The SMILES string of the molecule is COc1cc([C@@H](O)[C@@H]2CO[C@@H](c3cc(OC)c(O)c(OC)c3)[C@@H]([C@@H]3CO[C@@H]([C@H](O)c4ccc(O)c(OC)c4)CO[C@@H]3c3cc(OC)c(O)c(OC)c3)CO2)ccc1O. The third-order valence-electron chi connectivity index (χ3n) is 10.7. The molecule has 4 aromatic carbocycles. The summed E-state index contributed by atoms with van der Waals surface area (Å²) in [5.41, 5.74) is 1.91. The Morgan fingerprint density at radius 1 is 0.448 bits per heavy atom. The molecule has 2 saturated heterocycles. The topological polar surface area (TPSA) is 214 Å². The van der Waals surface area contributed by atoms with E-state index >= 15 is 0 Å². The predicted octanol–water partition coefficient (Wildman–Crippen LogP) is 4.87. The van der Waals surface area contributed by atoms with E-state index in [2.05, 4.69) is 0 Å². The summed E-state index contributed by atoms with van der Waals surface area (Å²) in [7, 11) is 8.46. The molecule has 2 fully saturated rings. The first-order valence-corrected chi connectivity index (χ1v) is 18.4. The van der Waals surface area contributed by atoms with Gasteiger partial charge in [0.15, 0.2) is 46.0 Å². The van der Waals surface area contributed by atoms with Crippen molar-refractivity contribution in [2.45, 2.75) is 36.6 Å². The third kappa shape index (κ3) is 8.57. The van der Waals surface area contributed by atoms with Gasteiger partial charge in [-0.2, -0.15) is 0 Å². The fourth-order valence-electron chi connectivity index (χ4n) is 7.47. The first-order chi connectivity index (χ1) is 28.0. The van der Waals surface area contributed by atoms with Crippen LogP contribution in [-0.4, -0.2) is 112 Å². The normalized spacial score (nSPS) is 23.4. The van der Waals surface area contributed by atoms with E-state index in [0.717, 1.165) is 0 Å². The van der Waals surface area contributed by atoms with Crippen molar-refractivity contribution < 1.29 is 78.0 Å². The zero-order chi connectivity index (χ0) is 41.7. The second kappa shape index (κ2) is 18.5. The number of aliphatic hydroxyl groups is 2. The third-order valence-corrected chi connectivity index (χ3v) is 10.7. The van der Waals surface area contributed by atoms with Gasteiger partial charge in [0, 0.05) is 11.8 Å². The highest BCUT2D eigenvalue weighted by Crippen LogP contribution is 2.49. The Kier molecular flexibility index (Phi) is 13.5. The highest BCUT2D eigenvalue weighted by Gasteiger charge is 2.45. The molecule has 0 aromatic heterocycles. The molecule has 2 heterocycles. The minimum absolute atomic E-state index is 0.0320. The molecule has 16 heteroatoms. The average molecular weight is 811 g/mol. The van der Waals surface area contributed by atoms with Crippen LogP contribution < -0.4 is 28.4 Å². The lowest BCUT2D eigenvalue weighted by Crippen LogP contribution is -2.34. The molecule has 0 spiro atoms. The quantitative estimate of drug-likeness (QED) is 0.106. The molecular formula is C42H50O16. The molecule has 8 atom stereocenters. The molecule has 2 aliphatic rings.